The van der Waals surface area contributed by atoms with Crippen LogP contribution in [0.5, 0.6) is 11.5 Å². The Hall–Kier alpha value is -2.96. The van der Waals surface area contributed by atoms with Crippen LogP contribution in [0.3, 0.4) is 0 Å². The van der Waals surface area contributed by atoms with Gasteiger partial charge in [-0.05, 0) is 24.6 Å². The summed E-state index contributed by atoms with van der Waals surface area (Å²) < 4.78 is 20.8. The summed E-state index contributed by atoms with van der Waals surface area (Å²) >= 11 is 0. The molecule has 1 heterocycles. The molecule has 112 valence electrons. The Bertz CT molecular complexity index is 889. The van der Waals surface area contributed by atoms with Crippen LogP contribution in [-0.4, -0.2) is 14.7 Å². The van der Waals surface area contributed by atoms with Crippen LogP contribution in [0.15, 0.2) is 36.5 Å². The van der Waals surface area contributed by atoms with E-state index >= 15 is 0 Å². The summed E-state index contributed by atoms with van der Waals surface area (Å²) in [6.45, 7) is 1.46. The molecule has 0 unspecified atom stereocenters. The molecule has 0 spiro atoms. The highest BCUT2D eigenvalue weighted by Crippen LogP contribution is 2.34. The molecule has 0 saturated carbocycles. The largest absolute Gasteiger partial charge is 0.450 e. The first-order valence-electron chi connectivity index (χ1n) is 6.50. The number of ether oxygens (including phenoxy) is 1. The lowest BCUT2D eigenvalue weighted by atomic mass is 10.2. The van der Waals surface area contributed by atoms with E-state index in [1.165, 1.54) is 6.92 Å². The van der Waals surface area contributed by atoms with Gasteiger partial charge >= 0.3 is 5.69 Å². The first-order valence-corrected chi connectivity index (χ1v) is 6.50. The molecule has 0 saturated heterocycles. The third kappa shape index (κ3) is 2.48. The van der Waals surface area contributed by atoms with Crippen molar-refractivity contribution in [2.45, 2.75) is 6.92 Å². The second-order valence-corrected chi connectivity index (χ2v) is 4.95. The van der Waals surface area contributed by atoms with Crippen molar-refractivity contribution in [2.75, 3.05) is 0 Å². The number of aromatic nitrogens is 2. The van der Waals surface area contributed by atoms with E-state index in [-0.39, 0.29) is 17.0 Å². The van der Waals surface area contributed by atoms with Gasteiger partial charge in [-0.25, -0.2) is 4.39 Å². The fourth-order valence-corrected chi connectivity index (χ4v) is 2.18. The number of rotatable bonds is 3. The summed E-state index contributed by atoms with van der Waals surface area (Å²) in [5.74, 6) is -0.333. The number of nitro benzene ring substituents is 1. The zero-order chi connectivity index (χ0) is 15.9. The molecule has 6 nitrogen and oxygen atoms in total. The van der Waals surface area contributed by atoms with Crippen molar-refractivity contribution in [3.05, 3.63) is 58.0 Å². The van der Waals surface area contributed by atoms with Crippen LogP contribution in [0.2, 0.25) is 0 Å². The second-order valence-electron chi connectivity index (χ2n) is 4.95. The lowest BCUT2D eigenvalue weighted by molar-refractivity contribution is -0.385. The Morgan fingerprint density at radius 3 is 2.82 bits per heavy atom. The monoisotopic (exact) mass is 301 g/mol. The van der Waals surface area contributed by atoms with Crippen molar-refractivity contribution in [2.24, 2.45) is 7.05 Å². The van der Waals surface area contributed by atoms with E-state index in [2.05, 4.69) is 5.10 Å². The number of hydrogen-bond acceptors (Lipinski definition) is 4. The fraction of sp³-hybridized carbons (Fsp3) is 0.133. The molecule has 1 aromatic heterocycles. The number of nitro groups is 1. The highest BCUT2D eigenvalue weighted by molar-refractivity contribution is 5.79. The number of halogens is 1. The molecule has 0 aliphatic rings. The van der Waals surface area contributed by atoms with Crippen molar-refractivity contribution in [3.8, 4) is 11.5 Å². The third-order valence-electron chi connectivity index (χ3n) is 3.26. The van der Waals surface area contributed by atoms with Crippen molar-refractivity contribution in [3.63, 3.8) is 0 Å². The number of hydrogen-bond donors (Lipinski definition) is 0. The van der Waals surface area contributed by atoms with Crippen LogP contribution in [0, 0.1) is 22.9 Å². The van der Waals surface area contributed by atoms with Crippen LogP contribution in [-0.2, 0) is 7.05 Å². The molecule has 0 N–H and O–H groups in total. The Labute approximate surface area is 124 Å². The van der Waals surface area contributed by atoms with E-state index < -0.39 is 10.7 Å². The summed E-state index contributed by atoms with van der Waals surface area (Å²) in [5, 5.41) is 16.2. The van der Waals surface area contributed by atoms with Crippen molar-refractivity contribution < 1.29 is 14.1 Å². The fourth-order valence-electron chi connectivity index (χ4n) is 2.18. The normalized spacial score (nSPS) is 10.9. The van der Waals surface area contributed by atoms with Gasteiger partial charge in [0.15, 0.2) is 0 Å². The lowest BCUT2D eigenvalue weighted by Crippen LogP contribution is -1.96. The van der Waals surface area contributed by atoms with Gasteiger partial charge in [0, 0.05) is 36.8 Å². The zero-order valence-corrected chi connectivity index (χ0v) is 11.9. The van der Waals surface area contributed by atoms with Gasteiger partial charge in [-0.1, -0.05) is 0 Å². The molecule has 0 amide bonds. The average molecular weight is 301 g/mol. The summed E-state index contributed by atoms with van der Waals surface area (Å²) in [6, 6.07) is 7.27. The van der Waals surface area contributed by atoms with E-state index in [1.54, 1.807) is 29.9 Å². The van der Waals surface area contributed by atoms with Gasteiger partial charge in [-0.3, -0.25) is 14.8 Å². The minimum absolute atomic E-state index is 0.136. The second kappa shape index (κ2) is 5.10. The Morgan fingerprint density at radius 1 is 1.32 bits per heavy atom. The molecule has 7 heteroatoms. The summed E-state index contributed by atoms with van der Waals surface area (Å²) in [6.07, 6.45) is 1.84. The standard InChI is InChI=1S/C15H12FN3O3/c1-9-5-14(19(20)21)15(7-12(9)16)22-11-4-3-10-8-18(2)17-13(10)6-11/h3-8H,1-2H3. The van der Waals surface area contributed by atoms with Crippen molar-refractivity contribution in [1.29, 1.82) is 0 Å². The summed E-state index contributed by atoms with van der Waals surface area (Å²) in [7, 11) is 1.79. The predicted octanol–water partition coefficient (Wildman–Crippen LogP) is 3.72. The Morgan fingerprint density at radius 2 is 2.09 bits per heavy atom. The van der Waals surface area contributed by atoms with E-state index in [9.17, 15) is 14.5 Å². The number of aryl methyl sites for hydroxylation is 2. The van der Waals surface area contributed by atoms with Gasteiger partial charge < -0.3 is 4.74 Å². The van der Waals surface area contributed by atoms with Gasteiger partial charge in [0.25, 0.3) is 0 Å². The molecule has 0 bridgehead atoms. The SMILES string of the molecule is Cc1cc([N+](=O)[O-])c(Oc2ccc3cn(C)nc3c2)cc1F. The van der Waals surface area contributed by atoms with E-state index in [0.29, 0.717) is 11.3 Å². The van der Waals surface area contributed by atoms with Crippen LogP contribution in [0.1, 0.15) is 5.56 Å². The van der Waals surface area contributed by atoms with E-state index in [1.807, 2.05) is 6.20 Å². The first-order chi connectivity index (χ1) is 10.4. The molecule has 3 rings (SSSR count). The maximum Gasteiger partial charge on any atom is 0.312 e. The Balaban J connectivity index is 2.03. The minimum atomic E-state index is -0.596. The smallest absolute Gasteiger partial charge is 0.312 e. The lowest BCUT2D eigenvalue weighted by Gasteiger charge is -2.07. The van der Waals surface area contributed by atoms with Gasteiger partial charge in [0.2, 0.25) is 5.75 Å². The maximum atomic E-state index is 13.7. The molecule has 0 radical (unpaired) electrons. The van der Waals surface area contributed by atoms with E-state index in [4.69, 9.17) is 4.74 Å². The van der Waals surface area contributed by atoms with Crippen LogP contribution in [0.25, 0.3) is 10.9 Å². The molecular formula is C15H12FN3O3. The highest BCUT2D eigenvalue weighted by atomic mass is 19.1. The van der Waals surface area contributed by atoms with Crippen molar-refractivity contribution in [1.82, 2.24) is 9.78 Å². The highest BCUT2D eigenvalue weighted by Gasteiger charge is 2.19. The minimum Gasteiger partial charge on any atom is -0.450 e. The average Bonchev–Trinajstić information content (AvgIpc) is 2.81. The molecule has 0 fully saturated rings. The number of benzene rings is 2. The maximum absolute atomic E-state index is 13.7. The molecule has 0 atom stereocenters. The van der Waals surface area contributed by atoms with Crippen molar-refractivity contribution >= 4 is 16.6 Å². The predicted molar refractivity (Wildman–Crippen MR) is 78.6 cm³/mol. The Kier molecular flexibility index (Phi) is 3.25. The molecular weight excluding hydrogens is 289 g/mol. The molecule has 0 aliphatic heterocycles. The topological polar surface area (TPSA) is 70.2 Å². The van der Waals surface area contributed by atoms with Gasteiger partial charge in [0.1, 0.15) is 11.6 Å². The molecule has 0 aliphatic carbocycles. The molecule has 3 aromatic rings. The summed E-state index contributed by atoms with van der Waals surface area (Å²) in [4.78, 5) is 10.5. The molecule has 2 aromatic carbocycles. The first kappa shape index (κ1) is 14.0. The summed E-state index contributed by atoms with van der Waals surface area (Å²) in [5.41, 5.74) is 0.606. The van der Waals surface area contributed by atoms with Crippen LogP contribution < -0.4 is 4.74 Å². The van der Waals surface area contributed by atoms with Gasteiger partial charge in [0.05, 0.1) is 10.4 Å². The molecule has 22 heavy (non-hydrogen) atoms. The number of fused-ring (bicyclic) bond motifs is 1. The van der Waals surface area contributed by atoms with Gasteiger partial charge in [-0.15, -0.1) is 0 Å². The van der Waals surface area contributed by atoms with Crippen LogP contribution in [0.4, 0.5) is 10.1 Å². The van der Waals surface area contributed by atoms with Crippen LogP contribution >= 0.6 is 0 Å². The zero-order valence-electron chi connectivity index (χ0n) is 11.9. The quantitative estimate of drug-likeness (QED) is 0.546. The number of nitrogens with zero attached hydrogens (tertiary/aromatic N) is 3. The van der Waals surface area contributed by atoms with Gasteiger partial charge in [-0.2, -0.15) is 5.10 Å². The van der Waals surface area contributed by atoms with E-state index in [0.717, 1.165) is 17.5 Å². The third-order valence-corrected chi connectivity index (χ3v) is 3.26.